The van der Waals surface area contributed by atoms with E-state index in [1.165, 1.54) is 0 Å². The summed E-state index contributed by atoms with van der Waals surface area (Å²) in [6, 6.07) is 0. The molecule has 0 heterocycles. The predicted octanol–water partition coefficient (Wildman–Crippen LogP) is 1.76. The molecule has 13 heavy (non-hydrogen) atoms. The fraction of sp³-hybridized carbons (Fsp3) is 1.00. The number of rotatable bonds is 6. The standard InChI is InChI=1S/C9H23NO2Si/c1-9(11-8-10(2)3)7-12-13(4,5)6/h9H,7-8H2,1-6H3. The van der Waals surface area contributed by atoms with Crippen molar-refractivity contribution in [1.29, 1.82) is 0 Å². The van der Waals surface area contributed by atoms with Crippen molar-refractivity contribution in [2.24, 2.45) is 0 Å². The molecular weight excluding hydrogens is 182 g/mol. The van der Waals surface area contributed by atoms with Crippen molar-refractivity contribution < 1.29 is 9.16 Å². The van der Waals surface area contributed by atoms with Crippen molar-refractivity contribution in [3.8, 4) is 0 Å². The van der Waals surface area contributed by atoms with Gasteiger partial charge >= 0.3 is 0 Å². The predicted molar refractivity (Wildman–Crippen MR) is 58.4 cm³/mol. The second-order valence-electron chi connectivity index (χ2n) is 4.61. The Morgan fingerprint density at radius 2 is 1.77 bits per heavy atom. The third-order valence-electron chi connectivity index (χ3n) is 1.37. The van der Waals surface area contributed by atoms with Gasteiger partial charge in [0.25, 0.3) is 0 Å². The molecule has 1 atom stereocenters. The van der Waals surface area contributed by atoms with E-state index in [1.807, 2.05) is 25.9 Å². The van der Waals surface area contributed by atoms with Crippen molar-refractivity contribution >= 4 is 8.32 Å². The first-order chi connectivity index (χ1) is 5.81. The lowest BCUT2D eigenvalue weighted by Crippen LogP contribution is -2.31. The van der Waals surface area contributed by atoms with Crippen molar-refractivity contribution in [3.63, 3.8) is 0 Å². The summed E-state index contributed by atoms with van der Waals surface area (Å²) in [4.78, 5) is 2.00. The Morgan fingerprint density at radius 3 is 2.15 bits per heavy atom. The van der Waals surface area contributed by atoms with Gasteiger partial charge < -0.3 is 9.16 Å². The van der Waals surface area contributed by atoms with Crippen LogP contribution in [0.2, 0.25) is 19.6 Å². The van der Waals surface area contributed by atoms with Gasteiger partial charge in [-0.15, -0.1) is 0 Å². The molecule has 0 aliphatic rings. The Morgan fingerprint density at radius 1 is 1.23 bits per heavy atom. The average molecular weight is 205 g/mol. The first-order valence-electron chi connectivity index (χ1n) is 4.71. The lowest BCUT2D eigenvalue weighted by Gasteiger charge is -2.22. The fourth-order valence-electron chi connectivity index (χ4n) is 0.692. The molecule has 80 valence electrons. The Kier molecular flexibility index (Phi) is 5.79. The quantitative estimate of drug-likeness (QED) is 0.487. The van der Waals surface area contributed by atoms with Crippen molar-refractivity contribution in [2.45, 2.75) is 32.7 Å². The van der Waals surface area contributed by atoms with Gasteiger partial charge in [-0.05, 0) is 40.7 Å². The minimum atomic E-state index is -1.37. The van der Waals surface area contributed by atoms with E-state index < -0.39 is 8.32 Å². The topological polar surface area (TPSA) is 21.7 Å². The molecule has 0 aromatic carbocycles. The highest BCUT2D eigenvalue weighted by Gasteiger charge is 2.15. The maximum absolute atomic E-state index is 5.72. The highest BCUT2D eigenvalue weighted by atomic mass is 28.4. The molecule has 0 aromatic heterocycles. The first-order valence-corrected chi connectivity index (χ1v) is 8.12. The molecule has 0 aliphatic carbocycles. The molecule has 0 radical (unpaired) electrons. The van der Waals surface area contributed by atoms with Gasteiger partial charge in [0.15, 0.2) is 8.32 Å². The summed E-state index contributed by atoms with van der Waals surface area (Å²) in [6.07, 6.45) is 0.189. The Bertz CT molecular complexity index is 134. The largest absolute Gasteiger partial charge is 0.415 e. The van der Waals surface area contributed by atoms with Crippen LogP contribution in [0.4, 0.5) is 0 Å². The van der Waals surface area contributed by atoms with Crippen LogP contribution in [0.15, 0.2) is 0 Å². The van der Waals surface area contributed by atoms with Gasteiger partial charge in [0.2, 0.25) is 0 Å². The van der Waals surface area contributed by atoms with Crippen molar-refractivity contribution in [2.75, 3.05) is 27.4 Å². The van der Waals surface area contributed by atoms with Gasteiger partial charge in [0.05, 0.1) is 19.4 Å². The van der Waals surface area contributed by atoms with Gasteiger partial charge in [-0.25, -0.2) is 0 Å². The molecule has 0 spiro atoms. The molecule has 3 nitrogen and oxygen atoms in total. The number of ether oxygens (including phenoxy) is 1. The van der Waals surface area contributed by atoms with Gasteiger partial charge in [0, 0.05) is 0 Å². The molecule has 0 fully saturated rings. The summed E-state index contributed by atoms with van der Waals surface area (Å²) in [7, 11) is 2.61. The summed E-state index contributed by atoms with van der Waals surface area (Å²) >= 11 is 0. The second-order valence-corrected chi connectivity index (χ2v) is 9.12. The number of hydrogen-bond donors (Lipinski definition) is 0. The van der Waals surface area contributed by atoms with E-state index in [4.69, 9.17) is 9.16 Å². The van der Waals surface area contributed by atoms with Crippen LogP contribution in [0.25, 0.3) is 0 Å². The minimum absolute atomic E-state index is 0.189. The monoisotopic (exact) mass is 205 g/mol. The number of nitrogens with zero attached hydrogens (tertiary/aromatic N) is 1. The van der Waals surface area contributed by atoms with E-state index in [1.54, 1.807) is 0 Å². The Hall–Kier alpha value is 0.0969. The van der Waals surface area contributed by atoms with Crippen LogP contribution in [0.5, 0.6) is 0 Å². The zero-order valence-corrected chi connectivity index (χ0v) is 10.8. The van der Waals surface area contributed by atoms with Crippen molar-refractivity contribution in [3.05, 3.63) is 0 Å². The second kappa shape index (κ2) is 5.75. The summed E-state index contributed by atoms with van der Waals surface area (Å²) in [5.74, 6) is 0. The summed E-state index contributed by atoms with van der Waals surface area (Å²) in [5.41, 5.74) is 0. The molecular formula is C9H23NO2Si. The molecule has 0 N–H and O–H groups in total. The molecule has 0 saturated carbocycles. The summed E-state index contributed by atoms with van der Waals surface area (Å²) in [6.45, 7) is 9.98. The molecule has 0 aliphatic heterocycles. The third-order valence-corrected chi connectivity index (χ3v) is 2.40. The van der Waals surface area contributed by atoms with E-state index in [9.17, 15) is 0 Å². The van der Waals surface area contributed by atoms with Crippen LogP contribution in [0.3, 0.4) is 0 Å². The zero-order valence-electron chi connectivity index (χ0n) is 9.76. The van der Waals surface area contributed by atoms with Gasteiger partial charge in [-0.3, -0.25) is 4.90 Å². The van der Waals surface area contributed by atoms with Crippen LogP contribution in [-0.4, -0.2) is 46.8 Å². The SMILES string of the molecule is CC(CO[Si](C)(C)C)OCN(C)C. The van der Waals surface area contributed by atoms with Crippen LogP contribution >= 0.6 is 0 Å². The Labute approximate surface area is 83.2 Å². The highest BCUT2D eigenvalue weighted by molar-refractivity contribution is 6.69. The fourth-order valence-corrected chi connectivity index (χ4v) is 1.43. The molecule has 0 bridgehead atoms. The molecule has 0 amide bonds. The zero-order chi connectivity index (χ0) is 10.5. The molecule has 0 saturated heterocycles. The van der Waals surface area contributed by atoms with E-state index >= 15 is 0 Å². The highest BCUT2D eigenvalue weighted by Crippen LogP contribution is 2.04. The lowest BCUT2D eigenvalue weighted by molar-refractivity contribution is -0.0168. The van der Waals surface area contributed by atoms with Crippen LogP contribution in [-0.2, 0) is 9.16 Å². The van der Waals surface area contributed by atoms with E-state index in [0.29, 0.717) is 13.3 Å². The van der Waals surface area contributed by atoms with Crippen molar-refractivity contribution in [1.82, 2.24) is 4.90 Å². The molecule has 0 aromatic rings. The van der Waals surface area contributed by atoms with E-state index in [-0.39, 0.29) is 6.10 Å². The maximum Gasteiger partial charge on any atom is 0.183 e. The van der Waals surface area contributed by atoms with E-state index in [2.05, 4.69) is 19.6 Å². The summed E-state index contributed by atoms with van der Waals surface area (Å²) in [5, 5.41) is 0. The average Bonchev–Trinajstić information content (AvgIpc) is 1.95. The van der Waals surface area contributed by atoms with Crippen LogP contribution < -0.4 is 0 Å². The van der Waals surface area contributed by atoms with Crippen LogP contribution in [0, 0.1) is 0 Å². The van der Waals surface area contributed by atoms with Gasteiger partial charge in [0.1, 0.15) is 0 Å². The van der Waals surface area contributed by atoms with Crippen LogP contribution in [0.1, 0.15) is 6.92 Å². The lowest BCUT2D eigenvalue weighted by atomic mass is 10.4. The first kappa shape index (κ1) is 13.1. The molecule has 0 rings (SSSR count). The van der Waals surface area contributed by atoms with Gasteiger partial charge in [-0.2, -0.15) is 0 Å². The summed E-state index contributed by atoms with van der Waals surface area (Å²) < 4.78 is 11.2. The normalized spacial score (nSPS) is 15.0. The minimum Gasteiger partial charge on any atom is -0.415 e. The Balaban J connectivity index is 3.46. The molecule has 4 heteroatoms. The third kappa shape index (κ3) is 10.0. The van der Waals surface area contributed by atoms with Gasteiger partial charge in [-0.1, -0.05) is 0 Å². The maximum atomic E-state index is 5.72. The molecule has 1 unspecified atom stereocenters. The smallest absolute Gasteiger partial charge is 0.183 e. The van der Waals surface area contributed by atoms with E-state index in [0.717, 1.165) is 0 Å². The number of hydrogen-bond acceptors (Lipinski definition) is 3.